The Morgan fingerprint density at radius 3 is 2.36 bits per heavy atom. The lowest BCUT2D eigenvalue weighted by molar-refractivity contribution is -0.132. The van der Waals surface area contributed by atoms with Gasteiger partial charge in [0.25, 0.3) is 0 Å². The molecule has 1 fully saturated rings. The fourth-order valence-corrected chi connectivity index (χ4v) is 2.14. The second-order valence-corrected chi connectivity index (χ2v) is 3.72. The smallest absolute Gasteiger partial charge is 0.220 e. The van der Waals surface area contributed by atoms with Crippen LogP contribution in [0.15, 0.2) is 0 Å². The van der Waals surface area contributed by atoms with Crippen molar-refractivity contribution in [3.8, 4) is 0 Å². The van der Waals surface area contributed by atoms with Crippen molar-refractivity contribution in [2.75, 3.05) is 6.54 Å². The molecule has 2 unspecified atom stereocenters. The van der Waals surface area contributed by atoms with E-state index in [0.29, 0.717) is 6.54 Å². The van der Waals surface area contributed by atoms with Crippen molar-refractivity contribution in [3.63, 3.8) is 0 Å². The molecular formula is C9H17N3O2. The third-order valence-electron chi connectivity index (χ3n) is 2.69. The van der Waals surface area contributed by atoms with E-state index in [9.17, 15) is 9.59 Å². The lowest BCUT2D eigenvalue weighted by atomic mass is 10.1. The van der Waals surface area contributed by atoms with E-state index in [-0.39, 0.29) is 30.3 Å². The number of hydrogen-bond donors (Lipinski definition) is 2. The molecule has 0 radical (unpaired) electrons. The van der Waals surface area contributed by atoms with E-state index in [1.165, 1.54) is 6.92 Å². The number of hydrogen-bond acceptors (Lipinski definition) is 3. The Morgan fingerprint density at radius 1 is 1.36 bits per heavy atom. The van der Waals surface area contributed by atoms with Crippen LogP contribution in [0, 0.1) is 0 Å². The number of nitrogens with zero attached hydrogens (tertiary/aromatic N) is 1. The maximum absolute atomic E-state index is 11.3. The second kappa shape index (κ2) is 4.41. The summed E-state index contributed by atoms with van der Waals surface area (Å²) in [7, 11) is 0. The summed E-state index contributed by atoms with van der Waals surface area (Å²) in [6.07, 6.45) is 1.94. The van der Waals surface area contributed by atoms with E-state index >= 15 is 0 Å². The van der Waals surface area contributed by atoms with Crippen LogP contribution in [-0.2, 0) is 9.59 Å². The SMILES string of the molecule is CC(=O)N1C(CN)CCC1CC(N)=O. The molecule has 5 heteroatoms. The van der Waals surface area contributed by atoms with Crippen LogP contribution in [0.2, 0.25) is 0 Å². The first-order valence-electron chi connectivity index (χ1n) is 4.83. The van der Waals surface area contributed by atoms with Gasteiger partial charge in [-0.15, -0.1) is 0 Å². The average Bonchev–Trinajstić information content (AvgIpc) is 2.46. The second-order valence-electron chi connectivity index (χ2n) is 3.72. The minimum Gasteiger partial charge on any atom is -0.370 e. The van der Waals surface area contributed by atoms with Gasteiger partial charge in [-0.2, -0.15) is 0 Å². The molecule has 0 aromatic heterocycles. The van der Waals surface area contributed by atoms with Crippen LogP contribution in [0.4, 0.5) is 0 Å². The first-order chi connectivity index (χ1) is 6.56. The summed E-state index contributed by atoms with van der Waals surface area (Å²) in [6.45, 7) is 1.96. The van der Waals surface area contributed by atoms with Crippen molar-refractivity contribution in [1.82, 2.24) is 4.90 Å². The van der Waals surface area contributed by atoms with E-state index in [1.807, 2.05) is 0 Å². The molecule has 0 spiro atoms. The topological polar surface area (TPSA) is 89.4 Å². The summed E-state index contributed by atoms with van der Waals surface area (Å²) in [5, 5.41) is 0. The quantitative estimate of drug-likeness (QED) is 0.623. The van der Waals surface area contributed by atoms with Gasteiger partial charge in [-0.05, 0) is 12.8 Å². The van der Waals surface area contributed by atoms with E-state index in [0.717, 1.165) is 12.8 Å². The van der Waals surface area contributed by atoms with Gasteiger partial charge in [-0.1, -0.05) is 0 Å². The van der Waals surface area contributed by atoms with Crippen LogP contribution in [0.25, 0.3) is 0 Å². The summed E-state index contributed by atoms with van der Waals surface area (Å²) < 4.78 is 0. The average molecular weight is 199 g/mol. The van der Waals surface area contributed by atoms with Gasteiger partial charge >= 0.3 is 0 Å². The van der Waals surface area contributed by atoms with Crippen molar-refractivity contribution >= 4 is 11.8 Å². The molecule has 2 amide bonds. The summed E-state index contributed by atoms with van der Waals surface area (Å²) >= 11 is 0. The molecule has 1 aliphatic rings. The number of carbonyl (C=O) groups excluding carboxylic acids is 2. The summed E-state index contributed by atoms with van der Waals surface area (Å²) in [6, 6.07) is 0.0374. The van der Waals surface area contributed by atoms with E-state index < -0.39 is 0 Å². The molecule has 5 nitrogen and oxygen atoms in total. The van der Waals surface area contributed by atoms with Crippen molar-refractivity contribution in [1.29, 1.82) is 0 Å². The first kappa shape index (κ1) is 11.0. The molecule has 0 saturated carbocycles. The number of nitrogens with two attached hydrogens (primary N) is 2. The molecule has 0 aliphatic carbocycles. The molecule has 80 valence electrons. The molecule has 4 N–H and O–H groups in total. The van der Waals surface area contributed by atoms with Crippen LogP contribution in [0.1, 0.15) is 26.2 Å². The first-order valence-corrected chi connectivity index (χ1v) is 4.83. The molecule has 1 aliphatic heterocycles. The number of rotatable bonds is 3. The Hall–Kier alpha value is -1.10. The van der Waals surface area contributed by atoms with Crippen LogP contribution in [0.3, 0.4) is 0 Å². The lowest BCUT2D eigenvalue weighted by Crippen LogP contribution is -2.44. The van der Waals surface area contributed by atoms with Crippen LogP contribution < -0.4 is 11.5 Å². The minimum atomic E-state index is -0.362. The third kappa shape index (κ3) is 2.23. The molecule has 0 aromatic carbocycles. The highest BCUT2D eigenvalue weighted by Crippen LogP contribution is 2.25. The Bertz CT molecular complexity index is 242. The van der Waals surface area contributed by atoms with Gasteiger partial charge in [0, 0.05) is 32.0 Å². The fraction of sp³-hybridized carbons (Fsp3) is 0.778. The van der Waals surface area contributed by atoms with E-state index in [2.05, 4.69) is 0 Å². The Kier molecular flexibility index (Phi) is 3.46. The van der Waals surface area contributed by atoms with Gasteiger partial charge in [0.05, 0.1) is 0 Å². The fourth-order valence-electron chi connectivity index (χ4n) is 2.14. The zero-order valence-corrected chi connectivity index (χ0v) is 8.40. The molecule has 0 aromatic rings. The molecule has 1 saturated heterocycles. The molecule has 14 heavy (non-hydrogen) atoms. The number of amides is 2. The zero-order valence-electron chi connectivity index (χ0n) is 8.40. The monoisotopic (exact) mass is 199 g/mol. The molecule has 1 rings (SSSR count). The van der Waals surface area contributed by atoms with E-state index in [4.69, 9.17) is 11.5 Å². The summed E-state index contributed by atoms with van der Waals surface area (Å²) in [5.41, 5.74) is 10.7. The number of likely N-dealkylation sites (tertiary alicyclic amines) is 1. The van der Waals surface area contributed by atoms with Crippen molar-refractivity contribution in [3.05, 3.63) is 0 Å². The maximum atomic E-state index is 11.3. The zero-order chi connectivity index (χ0) is 10.7. The van der Waals surface area contributed by atoms with Crippen LogP contribution in [-0.4, -0.2) is 35.3 Å². The largest absolute Gasteiger partial charge is 0.370 e. The Labute approximate surface area is 83.4 Å². The normalized spacial score (nSPS) is 26.6. The molecule has 2 atom stereocenters. The Balaban J connectivity index is 2.67. The molecular weight excluding hydrogens is 182 g/mol. The van der Waals surface area contributed by atoms with Crippen LogP contribution >= 0.6 is 0 Å². The van der Waals surface area contributed by atoms with Gasteiger partial charge in [-0.25, -0.2) is 0 Å². The minimum absolute atomic E-state index is 0.0239. The maximum Gasteiger partial charge on any atom is 0.220 e. The predicted molar refractivity (Wildman–Crippen MR) is 52.2 cm³/mol. The standard InChI is InChI=1S/C9H17N3O2/c1-6(13)12-7(4-9(11)14)2-3-8(12)5-10/h7-8H,2-5,10H2,1H3,(H2,11,14). The highest BCUT2D eigenvalue weighted by Gasteiger charge is 2.34. The molecule has 0 bridgehead atoms. The van der Waals surface area contributed by atoms with Gasteiger partial charge in [0.2, 0.25) is 11.8 Å². The van der Waals surface area contributed by atoms with Crippen molar-refractivity contribution in [2.45, 2.75) is 38.3 Å². The van der Waals surface area contributed by atoms with Crippen molar-refractivity contribution < 1.29 is 9.59 Å². The van der Waals surface area contributed by atoms with Gasteiger partial charge in [-0.3, -0.25) is 9.59 Å². The summed E-state index contributed by atoms with van der Waals surface area (Å²) in [4.78, 5) is 23.8. The van der Waals surface area contributed by atoms with Gasteiger partial charge in [0.15, 0.2) is 0 Å². The number of primary amides is 1. The van der Waals surface area contributed by atoms with Gasteiger partial charge < -0.3 is 16.4 Å². The molecule has 1 heterocycles. The Morgan fingerprint density at radius 2 is 1.93 bits per heavy atom. The summed E-state index contributed by atoms with van der Waals surface area (Å²) in [5.74, 6) is -0.386. The van der Waals surface area contributed by atoms with Gasteiger partial charge in [0.1, 0.15) is 0 Å². The highest BCUT2D eigenvalue weighted by atomic mass is 16.2. The van der Waals surface area contributed by atoms with E-state index in [1.54, 1.807) is 4.90 Å². The number of carbonyl (C=O) groups is 2. The lowest BCUT2D eigenvalue weighted by Gasteiger charge is -2.27. The highest BCUT2D eigenvalue weighted by molar-refractivity contribution is 5.78. The third-order valence-corrected chi connectivity index (χ3v) is 2.69. The predicted octanol–water partition coefficient (Wildman–Crippen LogP) is -0.800. The van der Waals surface area contributed by atoms with Crippen LogP contribution in [0.5, 0.6) is 0 Å². The van der Waals surface area contributed by atoms with Crippen molar-refractivity contribution in [2.24, 2.45) is 11.5 Å².